The van der Waals surface area contributed by atoms with Crippen LogP contribution < -0.4 is 9.47 Å². The number of carbonyl (C=O) groups is 1. The van der Waals surface area contributed by atoms with E-state index in [2.05, 4.69) is 10.1 Å². The first-order valence-corrected chi connectivity index (χ1v) is 9.53. The molecule has 1 atom stereocenters. The van der Waals surface area contributed by atoms with E-state index < -0.39 is 0 Å². The van der Waals surface area contributed by atoms with Crippen LogP contribution in [0.25, 0.3) is 11.5 Å². The summed E-state index contributed by atoms with van der Waals surface area (Å²) in [6.45, 7) is 1.08. The van der Waals surface area contributed by atoms with E-state index in [1.165, 1.54) is 0 Å². The molecule has 150 valence electrons. The lowest BCUT2D eigenvalue weighted by molar-refractivity contribution is -0.128. The molecule has 1 amide bonds. The van der Waals surface area contributed by atoms with Crippen LogP contribution in [-0.2, 0) is 11.3 Å². The summed E-state index contributed by atoms with van der Waals surface area (Å²) < 4.78 is 16.0. The highest BCUT2D eigenvalue weighted by Gasteiger charge is 2.33. The molecule has 0 bridgehead atoms. The minimum absolute atomic E-state index is 0.0688. The molecule has 0 N–H and O–H groups in total. The van der Waals surface area contributed by atoms with E-state index >= 15 is 0 Å². The fraction of sp³-hybridized carbons (Fsp3) is 0.286. The molecule has 1 aliphatic rings. The molecule has 3 aromatic rings. The molecule has 29 heavy (non-hydrogen) atoms. The lowest BCUT2D eigenvalue weighted by Crippen LogP contribution is -2.24. The molecule has 1 fully saturated rings. The number of likely N-dealkylation sites (tertiary alicyclic amines) is 1. The molecule has 2 heterocycles. The fourth-order valence-corrected chi connectivity index (χ4v) is 3.48. The van der Waals surface area contributed by atoms with Crippen molar-refractivity contribution in [3.05, 3.63) is 58.9 Å². The van der Waals surface area contributed by atoms with E-state index in [9.17, 15) is 4.79 Å². The number of halogens is 1. The standard InChI is InChI=1S/C21H20ClN3O4/c1-27-17-7-14(8-18(10-17)28-2)21-23-20(24-29-21)15-9-19(26)25(12-15)11-13-3-5-16(22)6-4-13/h3-8,10,15H,9,11-12H2,1-2H3. The van der Waals surface area contributed by atoms with Crippen molar-refractivity contribution in [3.63, 3.8) is 0 Å². The third-order valence-electron chi connectivity index (χ3n) is 4.91. The molecular formula is C21H20ClN3O4. The van der Waals surface area contributed by atoms with Gasteiger partial charge in [-0.05, 0) is 29.8 Å². The number of nitrogens with zero attached hydrogens (tertiary/aromatic N) is 3. The molecular weight excluding hydrogens is 394 g/mol. The summed E-state index contributed by atoms with van der Waals surface area (Å²) in [4.78, 5) is 18.8. The first kappa shape index (κ1) is 19.3. The minimum Gasteiger partial charge on any atom is -0.497 e. The largest absolute Gasteiger partial charge is 0.497 e. The predicted octanol–water partition coefficient (Wildman–Crippen LogP) is 3.92. The number of aromatic nitrogens is 2. The minimum atomic E-state index is -0.111. The highest BCUT2D eigenvalue weighted by Crippen LogP contribution is 2.32. The van der Waals surface area contributed by atoms with Crippen LogP contribution in [-0.4, -0.2) is 41.7 Å². The molecule has 0 spiro atoms. The van der Waals surface area contributed by atoms with Crippen molar-refractivity contribution in [2.24, 2.45) is 0 Å². The molecule has 4 rings (SSSR count). The Hall–Kier alpha value is -3.06. The highest BCUT2D eigenvalue weighted by atomic mass is 35.5. The molecule has 1 saturated heterocycles. The summed E-state index contributed by atoms with van der Waals surface area (Å²) in [5.74, 6) is 2.10. The summed E-state index contributed by atoms with van der Waals surface area (Å²) in [7, 11) is 3.16. The van der Waals surface area contributed by atoms with Crippen LogP contribution in [0.4, 0.5) is 0 Å². The number of hydrogen-bond acceptors (Lipinski definition) is 6. The molecule has 0 saturated carbocycles. The van der Waals surface area contributed by atoms with Crippen molar-refractivity contribution in [2.45, 2.75) is 18.9 Å². The van der Waals surface area contributed by atoms with Gasteiger partial charge in [0.25, 0.3) is 5.89 Å². The third-order valence-corrected chi connectivity index (χ3v) is 5.16. The van der Waals surface area contributed by atoms with E-state index in [1.54, 1.807) is 37.3 Å². The van der Waals surface area contributed by atoms with Crippen LogP contribution in [0.2, 0.25) is 5.02 Å². The normalized spacial score (nSPS) is 16.3. The SMILES string of the molecule is COc1cc(OC)cc(-c2nc(C3CC(=O)N(Cc4ccc(Cl)cc4)C3)no2)c1. The van der Waals surface area contributed by atoms with Gasteiger partial charge in [-0.25, -0.2) is 0 Å². The lowest BCUT2D eigenvalue weighted by Gasteiger charge is -2.16. The maximum Gasteiger partial charge on any atom is 0.258 e. The zero-order chi connectivity index (χ0) is 20.4. The molecule has 2 aromatic carbocycles. The van der Waals surface area contributed by atoms with E-state index in [1.807, 2.05) is 24.3 Å². The second-order valence-electron chi connectivity index (χ2n) is 6.86. The first-order valence-electron chi connectivity index (χ1n) is 9.15. The van der Waals surface area contributed by atoms with Crippen molar-refractivity contribution in [1.82, 2.24) is 15.0 Å². The van der Waals surface area contributed by atoms with E-state index in [0.29, 0.717) is 53.3 Å². The Morgan fingerprint density at radius 3 is 2.48 bits per heavy atom. The Labute approximate surface area is 173 Å². The third kappa shape index (κ3) is 4.19. The van der Waals surface area contributed by atoms with Gasteiger partial charge in [-0.15, -0.1) is 0 Å². The van der Waals surface area contributed by atoms with Crippen LogP contribution in [0.3, 0.4) is 0 Å². The van der Waals surface area contributed by atoms with Gasteiger partial charge >= 0.3 is 0 Å². The van der Waals surface area contributed by atoms with Crippen molar-refractivity contribution >= 4 is 17.5 Å². The number of carbonyl (C=O) groups excluding carboxylic acids is 1. The molecule has 0 radical (unpaired) electrons. The number of benzene rings is 2. The Morgan fingerprint density at radius 2 is 1.83 bits per heavy atom. The molecule has 0 aliphatic carbocycles. The summed E-state index contributed by atoms with van der Waals surface area (Å²) in [5.41, 5.74) is 1.72. The molecule has 1 unspecified atom stereocenters. The Balaban J connectivity index is 1.50. The van der Waals surface area contributed by atoms with Crippen LogP contribution >= 0.6 is 11.6 Å². The summed E-state index contributed by atoms with van der Waals surface area (Å²) in [5, 5.41) is 4.78. The fourth-order valence-electron chi connectivity index (χ4n) is 3.36. The first-order chi connectivity index (χ1) is 14.1. The number of ether oxygens (including phenoxy) is 2. The smallest absolute Gasteiger partial charge is 0.258 e. The van der Waals surface area contributed by atoms with E-state index in [4.69, 9.17) is 25.6 Å². The maximum absolute atomic E-state index is 12.5. The zero-order valence-corrected chi connectivity index (χ0v) is 16.8. The van der Waals surface area contributed by atoms with E-state index in [-0.39, 0.29) is 11.8 Å². The van der Waals surface area contributed by atoms with Crippen LogP contribution in [0.5, 0.6) is 11.5 Å². The number of hydrogen-bond donors (Lipinski definition) is 0. The van der Waals surface area contributed by atoms with Crippen LogP contribution in [0.1, 0.15) is 23.7 Å². The lowest BCUT2D eigenvalue weighted by atomic mass is 10.1. The van der Waals surface area contributed by atoms with Gasteiger partial charge in [-0.2, -0.15) is 4.98 Å². The van der Waals surface area contributed by atoms with Crippen LogP contribution in [0, 0.1) is 0 Å². The molecule has 1 aromatic heterocycles. The van der Waals surface area contributed by atoms with Gasteiger partial charge in [0.05, 0.1) is 14.2 Å². The second-order valence-corrected chi connectivity index (χ2v) is 7.30. The van der Waals surface area contributed by atoms with Crippen LogP contribution in [0.15, 0.2) is 47.0 Å². The number of amides is 1. The van der Waals surface area contributed by atoms with Gasteiger partial charge in [0.1, 0.15) is 11.5 Å². The number of methoxy groups -OCH3 is 2. The summed E-state index contributed by atoms with van der Waals surface area (Å²) in [6.07, 6.45) is 0.355. The molecule has 1 aliphatic heterocycles. The van der Waals surface area contributed by atoms with Gasteiger partial charge in [-0.3, -0.25) is 4.79 Å². The van der Waals surface area contributed by atoms with E-state index in [0.717, 1.165) is 5.56 Å². The maximum atomic E-state index is 12.5. The van der Waals surface area contributed by atoms with Gasteiger partial charge in [0.2, 0.25) is 5.91 Å². The molecule has 7 nitrogen and oxygen atoms in total. The van der Waals surface area contributed by atoms with Crippen molar-refractivity contribution in [1.29, 1.82) is 0 Å². The predicted molar refractivity (Wildman–Crippen MR) is 107 cm³/mol. The van der Waals surface area contributed by atoms with Crippen molar-refractivity contribution < 1.29 is 18.8 Å². The van der Waals surface area contributed by atoms with Gasteiger partial charge in [0.15, 0.2) is 5.82 Å². The average molecular weight is 414 g/mol. The average Bonchev–Trinajstić information content (AvgIpc) is 3.36. The Morgan fingerprint density at radius 1 is 1.14 bits per heavy atom. The molecule has 8 heteroatoms. The van der Waals surface area contributed by atoms with Gasteiger partial charge in [-0.1, -0.05) is 28.9 Å². The zero-order valence-electron chi connectivity index (χ0n) is 16.1. The van der Waals surface area contributed by atoms with Gasteiger partial charge < -0.3 is 18.9 Å². The topological polar surface area (TPSA) is 77.7 Å². The van der Waals surface area contributed by atoms with Crippen molar-refractivity contribution in [2.75, 3.05) is 20.8 Å². The van der Waals surface area contributed by atoms with Gasteiger partial charge in [0, 0.05) is 42.1 Å². The monoisotopic (exact) mass is 413 g/mol. The quantitative estimate of drug-likeness (QED) is 0.609. The number of rotatable bonds is 6. The Bertz CT molecular complexity index is 997. The summed E-state index contributed by atoms with van der Waals surface area (Å²) >= 11 is 5.93. The summed E-state index contributed by atoms with van der Waals surface area (Å²) in [6, 6.07) is 12.9. The highest BCUT2D eigenvalue weighted by molar-refractivity contribution is 6.30. The Kier molecular flexibility index (Phi) is 5.40. The second kappa shape index (κ2) is 8.13. The van der Waals surface area contributed by atoms with Crippen molar-refractivity contribution in [3.8, 4) is 23.0 Å².